The highest BCUT2D eigenvalue weighted by Crippen LogP contribution is 2.31. The minimum Gasteiger partial charge on any atom is -0.493 e. The molecule has 1 aromatic carbocycles. The average Bonchev–Trinajstić information content (AvgIpc) is 3.00. The summed E-state index contributed by atoms with van der Waals surface area (Å²) in [6, 6.07) is 9.17. The number of ether oxygens (including phenoxy) is 2. The first-order chi connectivity index (χ1) is 9.67. The summed E-state index contributed by atoms with van der Waals surface area (Å²) in [4.78, 5) is 13.5. The first-order valence-electron chi connectivity index (χ1n) is 6.22. The van der Waals surface area contributed by atoms with Crippen LogP contribution in [0.5, 0.6) is 11.5 Å². The van der Waals surface area contributed by atoms with Crippen LogP contribution in [0.1, 0.15) is 28.2 Å². The van der Waals surface area contributed by atoms with E-state index in [0.29, 0.717) is 17.1 Å². The fourth-order valence-electron chi connectivity index (χ4n) is 1.95. The zero-order chi connectivity index (χ0) is 14.5. The Morgan fingerprint density at radius 1 is 1.20 bits per heavy atom. The lowest BCUT2D eigenvalue weighted by Gasteiger charge is -2.15. The number of hydrogen-bond donors (Lipinski definition) is 1. The van der Waals surface area contributed by atoms with Crippen molar-refractivity contribution in [2.75, 3.05) is 14.2 Å². The molecule has 0 fully saturated rings. The van der Waals surface area contributed by atoms with Crippen molar-refractivity contribution in [3.63, 3.8) is 0 Å². The molecule has 2 rings (SSSR count). The molecule has 1 heterocycles. The van der Waals surface area contributed by atoms with E-state index < -0.39 is 0 Å². The van der Waals surface area contributed by atoms with Crippen molar-refractivity contribution in [3.8, 4) is 11.5 Å². The average molecular weight is 291 g/mol. The van der Waals surface area contributed by atoms with Gasteiger partial charge in [-0.1, -0.05) is 12.1 Å². The second kappa shape index (κ2) is 6.43. The second-order valence-corrected chi connectivity index (χ2v) is 5.23. The fourth-order valence-corrected chi connectivity index (χ4v) is 2.68. The summed E-state index contributed by atoms with van der Waals surface area (Å²) in [6.07, 6.45) is 0. The first kappa shape index (κ1) is 14.4. The number of methoxy groups -OCH3 is 2. The molecular weight excluding hydrogens is 274 g/mol. The van der Waals surface area contributed by atoms with Gasteiger partial charge in [0.15, 0.2) is 11.5 Å². The van der Waals surface area contributed by atoms with Gasteiger partial charge in [-0.05, 0) is 30.5 Å². The van der Waals surface area contributed by atoms with Gasteiger partial charge in [-0.15, -0.1) is 11.3 Å². The van der Waals surface area contributed by atoms with Gasteiger partial charge in [0, 0.05) is 4.88 Å². The van der Waals surface area contributed by atoms with E-state index in [9.17, 15) is 4.79 Å². The molecule has 0 aliphatic carbocycles. The summed E-state index contributed by atoms with van der Waals surface area (Å²) >= 11 is 1.62. The van der Waals surface area contributed by atoms with Crippen molar-refractivity contribution < 1.29 is 14.3 Å². The normalized spacial score (nSPS) is 11.8. The Labute approximate surface area is 122 Å². The van der Waals surface area contributed by atoms with E-state index in [1.165, 1.54) is 7.11 Å². The fraction of sp³-hybridized carbons (Fsp3) is 0.267. The molecule has 4 nitrogen and oxygen atoms in total. The summed E-state index contributed by atoms with van der Waals surface area (Å²) in [7, 11) is 3.07. The molecule has 106 valence electrons. The first-order valence-corrected chi connectivity index (χ1v) is 7.10. The number of carbonyl (C=O) groups is 1. The van der Waals surface area contributed by atoms with Crippen molar-refractivity contribution in [1.29, 1.82) is 0 Å². The Morgan fingerprint density at radius 2 is 2.00 bits per heavy atom. The third-order valence-corrected chi connectivity index (χ3v) is 4.02. The second-order valence-electron chi connectivity index (χ2n) is 4.25. The third kappa shape index (κ3) is 2.93. The number of para-hydroxylation sites is 1. The third-order valence-electron chi connectivity index (χ3n) is 2.97. The van der Waals surface area contributed by atoms with Crippen LogP contribution in [0.3, 0.4) is 0 Å². The van der Waals surface area contributed by atoms with Gasteiger partial charge in [-0.2, -0.15) is 0 Å². The van der Waals surface area contributed by atoms with Crippen molar-refractivity contribution >= 4 is 17.2 Å². The van der Waals surface area contributed by atoms with Gasteiger partial charge in [0.25, 0.3) is 5.91 Å². The number of amides is 1. The lowest BCUT2D eigenvalue weighted by atomic mass is 10.1. The van der Waals surface area contributed by atoms with Crippen LogP contribution in [-0.2, 0) is 0 Å². The number of nitrogens with one attached hydrogen (secondary N) is 1. The maximum absolute atomic E-state index is 12.4. The van der Waals surface area contributed by atoms with Crippen LogP contribution in [0.4, 0.5) is 0 Å². The van der Waals surface area contributed by atoms with E-state index >= 15 is 0 Å². The van der Waals surface area contributed by atoms with E-state index in [4.69, 9.17) is 9.47 Å². The van der Waals surface area contributed by atoms with E-state index in [1.54, 1.807) is 36.6 Å². The van der Waals surface area contributed by atoms with Crippen molar-refractivity contribution in [1.82, 2.24) is 5.32 Å². The summed E-state index contributed by atoms with van der Waals surface area (Å²) in [5.41, 5.74) is 0.468. The highest BCUT2D eigenvalue weighted by atomic mass is 32.1. The SMILES string of the molecule is COc1cccc(C(=O)NC(C)c2cccs2)c1OC. The Balaban J connectivity index is 2.21. The summed E-state index contributed by atoms with van der Waals surface area (Å²) in [6.45, 7) is 1.95. The maximum atomic E-state index is 12.4. The minimum atomic E-state index is -0.179. The van der Waals surface area contributed by atoms with Crippen molar-refractivity contribution in [2.45, 2.75) is 13.0 Å². The molecule has 0 aliphatic rings. The van der Waals surface area contributed by atoms with Crippen LogP contribution in [0.2, 0.25) is 0 Å². The smallest absolute Gasteiger partial charge is 0.255 e. The van der Waals surface area contributed by atoms with Gasteiger partial charge in [0.05, 0.1) is 25.8 Å². The Morgan fingerprint density at radius 3 is 2.60 bits per heavy atom. The predicted molar refractivity (Wildman–Crippen MR) is 79.7 cm³/mol. The number of thiophene rings is 1. The van der Waals surface area contributed by atoms with E-state index in [1.807, 2.05) is 24.4 Å². The van der Waals surface area contributed by atoms with E-state index in [0.717, 1.165) is 4.88 Å². The van der Waals surface area contributed by atoms with Crippen LogP contribution in [0, 0.1) is 0 Å². The molecule has 0 bridgehead atoms. The lowest BCUT2D eigenvalue weighted by molar-refractivity contribution is 0.0937. The van der Waals surface area contributed by atoms with E-state index in [-0.39, 0.29) is 11.9 Å². The topological polar surface area (TPSA) is 47.6 Å². The van der Waals surface area contributed by atoms with Gasteiger partial charge in [-0.3, -0.25) is 4.79 Å². The number of hydrogen-bond acceptors (Lipinski definition) is 4. The highest BCUT2D eigenvalue weighted by molar-refractivity contribution is 7.10. The van der Waals surface area contributed by atoms with Crippen LogP contribution >= 0.6 is 11.3 Å². The van der Waals surface area contributed by atoms with Crippen molar-refractivity contribution in [2.24, 2.45) is 0 Å². The molecule has 1 atom stereocenters. The van der Waals surface area contributed by atoms with Crippen LogP contribution in [-0.4, -0.2) is 20.1 Å². The zero-order valence-corrected chi connectivity index (χ0v) is 12.5. The Kier molecular flexibility index (Phi) is 4.63. The molecule has 0 aliphatic heterocycles. The molecule has 2 aromatic rings. The van der Waals surface area contributed by atoms with Gasteiger partial charge in [-0.25, -0.2) is 0 Å². The molecular formula is C15H17NO3S. The van der Waals surface area contributed by atoms with Crippen molar-refractivity contribution in [3.05, 3.63) is 46.2 Å². The predicted octanol–water partition coefficient (Wildman–Crippen LogP) is 3.26. The summed E-state index contributed by atoms with van der Waals surface area (Å²) in [5.74, 6) is 0.816. The molecule has 1 amide bonds. The summed E-state index contributed by atoms with van der Waals surface area (Å²) < 4.78 is 10.5. The van der Waals surface area contributed by atoms with Gasteiger partial charge >= 0.3 is 0 Å². The van der Waals surface area contributed by atoms with Crippen LogP contribution < -0.4 is 14.8 Å². The lowest BCUT2D eigenvalue weighted by Crippen LogP contribution is -2.26. The van der Waals surface area contributed by atoms with Gasteiger partial charge < -0.3 is 14.8 Å². The zero-order valence-electron chi connectivity index (χ0n) is 11.7. The number of rotatable bonds is 5. The molecule has 0 saturated carbocycles. The van der Waals surface area contributed by atoms with E-state index in [2.05, 4.69) is 5.32 Å². The molecule has 5 heteroatoms. The van der Waals surface area contributed by atoms with Gasteiger partial charge in [0.2, 0.25) is 0 Å². The molecule has 1 N–H and O–H groups in total. The Hall–Kier alpha value is -2.01. The monoisotopic (exact) mass is 291 g/mol. The molecule has 1 aromatic heterocycles. The quantitative estimate of drug-likeness (QED) is 0.920. The highest BCUT2D eigenvalue weighted by Gasteiger charge is 2.18. The van der Waals surface area contributed by atoms with Gasteiger partial charge in [0.1, 0.15) is 0 Å². The molecule has 0 saturated heterocycles. The maximum Gasteiger partial charge on any atom is 0.255 e. The molecule has 20 heavy (non-hydrogen) atoms. The van der Waals surface area contributed by atoms with Crippen LogP contribution in [0.25, 0.3) is 0 Å². The largest absolute Gasteiger partial charge is 0.493 e. The standard InChI is InChI=1S/C15H17NO3S/c1-10(13-8-5-9-20-13)16-15(17)11-6-4-7-12(18-2)14(11)19-3/h4-10H,1-3H3,(H,16,17). The minimum absolute atomic E-state index is 0.0431. The molecule has 0 radical (unpaired) electrons. The Bertz CT molecular complexity index is 581. The number of benzene rings is 1. The van der Waals surface area contributed by atoms with Crippen LogP contribution in [0.15, 0.2) is 35.7 Å². The summed E-state index contributed by atoms with van der Waals surface area (Å²) in [5, 5.41) is 4.95. The molecule has 0 spiro atoms. The number of carbonyl (C=O) groups excluding carboxylic acids is 1. The molecule has 1 unspecified atom stereocenters.